The van der Waals surface area contributed by atoms with E-state index in [-0.39, 0.29) is 5.09 Å². The topological polar surface area (TPSA) is 66.9 Å². The zero-order chi connectivity index (χ0) is 18.3. The van der Waals surface area contributed by atoms with E-state index in [0.29, 0.717) is 37.9 Å². The van der Waals surface area contributed by atoms with Gasteiger partial charge in [-0.1, -0.05) is 6.92 Å². The number of rotatable bonds is 7. The standard InChI is InChI=1S/C19H26N2O4S/c1-14-11-17(14)18-7-5-15(24-18)12-20(2)13-16-6-8-19(25-16)26(22,23)21-9-3-4-10-21/h5-8,14,17H,3-4,9-13H2,1-2H3/t14-,17-/m1/s1. The van der Waals surface area contributed by atoms with Gasteiger partial charge >= 0.3 is 0 Å². The van der Waals surface area contributed by atoms with E-state index < -0.39 is 10.0 Å². The van der Waals surface area contributed by atoms with Gasteiger partial charge in [0.15, 0.2) is 0 Å². The molecule has 0 spiro atoms. The fraction of sp³-hybridized carbons (Fsp3) is 0.579. The average molecular weight is 378 g/mol. The fourth-order valence-electron chi connectivity index (χ4n) is 3.62. The molecular formula is C19H26N2O4S. The number of furan rings is 2. The molecule has 142 valence electrons. The van der Waals surface area contributed by atoms with Gasteiger partial charge in [0.05, 0.1) is 13.1 Å². The van der Waals surface area contributed by atoms with Gasteiger partial charge in [-0.15, -0.1) is 0 Å². The van der Waals surface area contributed by atoms with E-state index in [9.17, 15) is 8.42 Å². The first kappa shape index (κ1) is 17.8. The molecule has 0 radical (unpaired) electrons. The second kappa shape index (κ2) is 6.87. The van der Waals surface area contributed by atoms with Gasteiger partial charge in [0.2, 0.25) is 5.09 Å². The van der Waals surface area contributed by atoms with Gasteiger partial charge in [-0.2, -0.15) is 4.31 Å². The number of sulfonamides is 1. The summed E-state index contributed by atoms with van der Waals surface area (Å²) in [6.07, 6.45) is 3.05. The molecule has 6 nitrogen and oxygen atoms in total. The summed E-state index contributed by atoms with van der Waals surface area (Å²) in [5, 5.41) is 0.0470. The van der Waals surface area contributed by atoms with Gasteiger partial charge in [-0.3, -0.25) is 4.90 Å². The highest BCUT2D eigenvalue weighted by atomic mass is 32.2. The maximum Gasteiger partial charge on any atom is 0.276 e. The number of hydrogen-bond donors (Lipinski definition) is 0. The molecule has 0 amide bonds. The summed E-state index contributed by atoms with van der Waals surface area (Å²) >= 11 is 0. The van der Waals surface area contributed by atoms with Crippen molar-refractivity contribution in [3.63, 3.8) is 0 Å². The van der Waals surface area contributed by atoms with Gasteiger partial charge in [0.25, 0.3) is 10.0 Å². The van der Waals surface area contributed by atoms with Crippen molar-refractivity contribution >= 4 is 10.0 Å². The molecule has 0 N–H and O–H groups in total. The summed E-state index contributed by atoms with van der Waals surface area (Å²) < 4.78 is 38.1. The van der Waals surface area contributed by atoms with E-state index >= 15 is 0 Å². The summed E-state index contributed by atoms with van der Waals surface area (Å²) in [6, 6.07) is 7.42. The van der Waals surface area contributed by atoms with Crippen molar-refractivity contribution in [1.29, 1.82) is 0 Å². The number of hydrogen-bond acceptors (Lipinski definition) is 5. The molecule has 7 heteroatoms. The molecule has 2 atom stereocenters. The second-order valence-corrected chi connectivity index (χ2v) is 9.50. The quantitative estimate of drug-likeness (QED) is 0.739. The molecule has 1 saturated carbocycles. The van der Waals surface area contributed by atoms with E-state index in [1.165, 1.54) is 10.7 Å². The van der Waals surface area contributed by atoms with Gasteiger partial charge < -0.3 is 8.83 Å². The summed E-state index contributed by atoms with van der Waals surface area (Å²) in [7, 11) is -1.52. The van der Waals surface area contributed by atoms with E-state index in [4.69, 9.17) is 8.83 Å². The van der Waals surface area contributed by atoms with Crippen molar-refractivity contribution in [2.45, 2.75) is 50.3 Å². The van der Waals surface area contributed by atoms with Crippen LogP contribution in [0.3, 0.4) is 0 Å². The van der Waals surface area contributed by atoms with E-state index in [2.05, 4.69) is 17.9 Å². The largest absolute Gasteiger partial charge is 0.464 e. The van der Waals surface area contributed by atoms with Crippen LogP contribution in [-0.2, 0) is 23.1 Å². The first-order valence-electron chi connectivity index (χ1n) is 9.29. The molecule has 1 aliphatic heterocycles. The van der Waals surface area contributed by atoms with E-state index in [1.807, 2.05) is 13.1 Å². The highest BCUT2D eigenvalue weighted by molar-refractivity contribution is 7.89. The molecule has 0 aromatic carbocycles. The summed E-state index contributed by atoms with van der Waals surface area (Å²) in [6.45, 7) is 4.60. The average Bonchev–Trinajstić information content (AvgIpc) is 3.08. The molecule has 2 aliphatic rings. The van der Waals surface area contributed by atoms with Crippen molar-refractivity contribution < 1.29 is 17.3 Å². The van der Waals surface area contributed by atoms with Crippen LogP contribution < -0.4 is 0 Å². The van der Waals surface area contributed by atoms with Gasteiger partial charge in [0.1, 0.15) is 17.3 Å². The lowest BCUT2D eigenvalue weighted by Crippen LogP contribution is -2.27. The van der Waals surface area contributed by atoms with Crippen molar-refractivity contribution in [3.8, 4) is 0 Å². The lowest BCUT2D eigenvalue weighted by atomic mass is 10.3. The van der Waals surface area contributed by atoms with Gasteiger partial charge in [0, 0.05) is 19.0 Å². The molecule has 1 saturated heterocycles. The van der Waals surface area contributed by atoms with Gasteiger partial charge in [-0.05, 0) is 56.5 Å². The third kappa shape index (κ3) is 3.61. The molecule has 26 heavy (non-hydrogen) atoms. The molecule has 0 unspecified atom stereocenters. The van der Waals surface area contributed by atoms with Crippen molar-refractivity contribution in [1.82, 2.24) is 9.21 Å². The van der Waals surface area contributed by atoms with Crippen molar-refractivity contribution in [2.24, 2.45) is 5.92 Å². The SMILES string of the molecule is C[C@@H]1C[C@H]1c1ccc(CN(C)Cc2ccc(S(=O)(=O)N3CCCC3)o2)o1. The minimum Gasteiger partial charge on any atom is -0.464 e. The van der Waals surface area contributed by atoms with E-state index in [0.717, 1.165) is 30.3 Å². The maximum absolute atomic E-state index is 12.5. The monoisotopic (exact) mass is 378 g/mol. The van der Waals surface area contributed by atoms with Crippen molar-refractivity contribution in [3.05, 3.63) is 41.5 Å². The Morgan fingerprint density at radius 1 is 1.08 bits per heavy atom. The molecule has 3 heterocycles. The van der Waals surface area contributed by atoms with Crippen LogP contribution >= 0.6 is 0 Å². The minimum atomic E-state index is -3.49. The summed E-state index contributed by atoms with van der Waals surface area (Å²) in [4.78, 5) is 2.06. The Bertz CT molecular complexity index is 864. The Labute approximate surface area is 154 Å². The fourth-order valence-corrected chi connectivity index (χ4v) is 5.07. The second-order valence-electron chi connectivity index (χ2n) is 7.63. The normalized spacial score (nSPS) is 23.8. The van der Waals surface area contributed by atoms with Crippen LogP contribution in [0.1, 0.15) is 49.4 Å². The Morgan fingerprint density at radius 2 is 1.69 bits per heavy atom. The van der Waals surface area contributed by atoms with Crippen LogP contribution in [0.25, 0.3) is 0 Å². The predicted molar refractivity (Wildman–Crippen MR) is 97.1 cm³/mol. The molecular weight excluding hydrogens is 352 g/mol. The Kier molecular flexibility index (Phi) is 4.71. The van der Waals surface area contributed by atoms with Gasteiger partial charge in [-0.25, -0.2) is 8.42 Å². The molecule has 0 bridgehead atoms. The molecule has 2 fully saturated rings. The predicted octanol–water partition coefficient (Wildman–Crippen LogP) is 3.41. The number of nitrogens with zero attached hydrogens (tertiary/aromatic N) is 2. The van der Waals surface area contributed by atoms with Crippen LogP contribution in [0, 0.1) is 5.92 Å². The molecule has 2 aromatic rings. The highest BCUT2D eigenvalue weighted by Gasteiger charge is 2.36. The Hall–Kier alpha value is -1.57. The molecule has 1 aliphatic carbocycles. The lowest BCUT2D eigenvalue weighted by molar-refractivity contribution is 0.252. The first-order chi connectivity index (χ1) is 12.4. The summed E-state index contributed by atoms with van der Waals surface area (Å²) in [5.41, 5.74) is 0. The molecule has 4 rings (SSSR count). The minimum absolute atomic E-state index is 0.0470. The van der Waals surface area contributed by atoms with Crippen molar-refractivity contribution in [2.75, 3.05) is 20.1 Å². The molecule has 2 aromatic heterocycles. The zero-order valence-electron chi connectivity index (χ0n) is 15.3. The van der Waals surface area contributed by atoms with Crippen LogP contribution in [-0.4, -0.2) is 37.8 Å². The Balaban J connectivity index is 1.37. The van der Waals surface area contributed by atoms with Crippen LogP contribution in [0.15, 0.2) is 38.2 Å². The highest BCUT2D eigenvalue weighted by Crippen LogP contribution is 2.47. The lowest BCUT2D eigenvalue weighted by Gasteiger charge is -2.14. The third-order valence-electron chi connectivity index (χ3n) is 5.31. The Morgan fingerprint density at radius 3 is 2.35 bits per heavy atom. The first-order valence-corrected chi connectivity index (χ1v) is 10.7. The zero-order valence-corrected chi connectivity index (χ0v) is 16.2. The summed E-state index contributed by atoms with van der Waals surface area (Å²) in [5.74, 6) is 3.96. The van der Waals surface area contributed by atoms with Crippen LogP contribution in [0.5, 0.6) is 0 Å². The van der Waals surface area contributed by atoms with Crippen LogP contribution in [0.4, 0.5) is 0 Å². The third-order valence-corrected chi connectivity index (χ3v) is 7.08. The maximum atomic E-state index is 12.5. The van der Waals surface area contributed by atoms with E-state index in [1.54, 1.807) is 12.1 Å². The smallest absolute Gasteiger partial charge is 0.276 e. The van der Waals surface area contributed by atoms with Crippen LogP contribution in [0.2, 0.25) is 0 Å².